The number of methoxy groups -OCH3 is 2. The molecule has 90 valence electrons. The van der Waals surface area contributed by atoms with Crippen LogP contribution < -0.4 is 0 Å². The van der Waals surface area contributed by atoms with Crippen molar-refractivity contribution in [2.24, 2.45) is 0 Å². The molecule has 6 nitrogen and oxygen atoms in total. The van der Waals surface area contributed by atoms with Gasteiger partial charge >= 0.3 is 0 Å². The number of rotatable bonds is 5. The van der Waals surface area contributed by atoms with E-state index < -0.39 is 17.7 Å². The average Bonchev–Trinajstić information content (AvgIpc) is 2.50. The molecule has 1 fully saturated rings. The minimum absolute atomic E-state index is 0.0479. The first-order chi connectivity index (χ1) is 7.01. The third-order valence-corrected chi connectivity index (χ3v) is 2.77. The van der Waals surface area contributed by atoms with Crippen molar-refractivity contribution in [1.29, 1.82) is 0 Å². The van der Waals surface area contributed by atoms with Gasteiger partial charge < -0.3 is 19.3 Å². The van der Waals surface area contributed by atoms with Crippen molar-refractivity contribution >= 4 is 0 Å². The predicted octanol–water partition coefficient (Wildman–Crippen LogP) is 0.0509. The zero-order chi connectivity index (χ0) is 11.5. The predicted molar refractivity (Wildman–Crippen MR) is 49.8 cm³/mol. The van der Waals surface area contributed by atoms with E-state index in [1.165, 1.54) is 21.3 Å². The molecule has 0 amide bonds. The van der Waals surface area contributed by atoms with Gasteiger partial charge in [-0.2, -0.15) is 0 Å². The Morgan fingerprint density at radius 1 is 1.40 bits per heavy atom. The van der Waals surface area contributed by atoms with Gasteiger partial charge in [-0.3, -0.25) is 0 Å². The maximum Gasteiger partial charge on any atom is 0.199 e. The van der Waals surface area contributed by atoms with E-state index in [0.29, 0.717) is 0 Å². The van der Waals surface area contributed by atoms with Gasteiger partial charge in [-0.25, -0.2) is 9.78 Å². The first-order valence-electron chi connectivity index (χ1n) is 4.65. The molecule has 1 N–H and O–H groups in total. The summed E-state index contributed by atoms with van der Waals surface area (Å²) in [4.78, 5) is 9.21. The molecule has 1 aliphatic rings. The second kappa shape index (κ2) is 4.73. The Morgan fingerprint density at radius 2 is 2.07 bits per heavy atom. The highest BCUT2D eigenvalue weighted by atomic mass is 17.2. The Morgan fingerprint density at radius 3 is 2.53 bits per heavy atom. The minimum Gasteiger partial charge on any atom is -0.381 e. The summed E-state index contributed by atoms with van der Waals surface area (Å²) in [6.07, 6.45) is -0.252. The summed E-state index contributed by atoms with van der Waals surface area (Å²) in [5, 5.41) is 10.3. The second-order valence-electron chi connectivity index (χ2n) is 3.60. The molecular weight excluding hydrogens is 204 g/mol. The fourth-order valence-electron chi connectivity index (χ4n) is 1.58. The molecule has 0 aromatic carbocycles. The summed E-state index contributed by atoms with van der Waals surface area (Å²) < 4.78 is 15.6. The molecule has 0 radical (unpaired) electrons. The molecule has 1 heterocycles. The van der Waals surface area contributed by atoms with Crippen LogP contribution in [0.25, 0.3) is 0 Å². The lowest BCUT2D eigenvalue weighted by molar-refractivity contribution is -0.341. The molecule has 0 saturated carbocycles. The second-order valence-corrected chi connectivity index (χ2v) is 3.60. The smallest absolute Gasteiger partial charge is 0.199 e. The van der Waals surface area contributed by atoms with Gasteiger partial charge in [0.15, 0.2) is 12.1 Å². The number of ether oxygens (including phenoxy) is 3. The first-order valence-corrected chi connectivity index (χ1v) is 4.65. The van der Waals surface area contributed by atoms with E-state index in [9.17, 15) is 5.11 Å². The highest BCUT2D eigenvalue weighted by Crippen LogP contribution is 2.40. The number of aliphatic hydroxyl groups is 1. The summed E-state index contributed by atoms with van der Waals surface area (Å²) >= 11 is 0. The number of hydrogen-bond donors (Lipinski definition) is 1. The van der Waals surface area contributed by atoms with E-state index in [0.717, 1.165) is 0 Å². The fourth-order valence-corrected chi connectivity index (χ4v) is 1.58. The maximum atomic E-state index is 10.3. The number of hydrogen-bond acceptors (Lipinski definition) is 6. The summed E-state index contributed by atoms with van der Waals surface area (Å²) in [5.41, 5.74) is -1.29. The van der Waals surface area contributed by atoms with Crippen molar-refractivity contribution < 1.29 is 29.1 Å². The van der Waals surface area contributed by atoms with Crippen LogP contribution in [0, 0.1) is 0 Å². The van der Waals surface area contributed by atoms with E-state index in [1.54, 1.807) is 6.92 Å². The van der Waals surface area contributed by atoms with Crippen LogP contribution in [0.4, 0.5) is 0 Å². The van der Waals surface area contributed by atoms with Gasteiger partial charge in [0.2, 0.25) is 0 Å². The van der Waals surface area contributed by atoms with Gasteiger partial charge in [0.25, 0.3) is 0 Å². The lowest BCUT2D eigenvalue weighted by Gasteiger charge is -2.35. The molecule has 1 saturated heterocycles. The highest BCUT2D eigenvalue weighted by molar-refractivity contribution is 4.98. The van der Waals surface area contributed by atoms with Crippen molar-refractivity contribution in [3.05, 3.63) is 0 Å². The van der Waals surface area contributed by atoms with Gasteiger partial charge in [-0.05, 0) is 6.92 Å². The summed E-state index contributed by atoms with van der Waals surface area (Å²) in [6.45, 7) is 1.58. The maximum absolute atomic E-state index is 10.3. The van der Waals surface area contributed by atoms with Crippen molar-refractivity contribution in [1.82, 2.24) is 0 Å². The van der Waals surface area contributed by atoms with Crippen LogP contribution in [0.5, 0.6) is 0 Å². The van der Waals surface area contributed by atoms with E-state index in [4.69, 9.17) is 19.1 Å². The fraction of sp³-hybridized carbons (Fsp3) is 1.00. The van der Waals surface area contributed by atoms with Crippen LogP contribution >= 0.6 is 0 Å². The molecule has 3 atom stereocenters. The third-order valence-electron chi connectivity index (χ3n) is 2.77. The van der Waals surface area contributed by atoms with E-state index in [2.05, 4.69) is 4.89 Å². The molecule has 3 unspecified atom stereocenters. The topological polar surface area (TPSA) is 66.4 Å². The lowest BCUT2D eigenvalue weighted by atomic mass is 9.94. The summed E-state index contributed by atoms with van der Waals surface area (Å²) in [7, 11) is 4.33. The molecule has 6 heteroatoms. The average molecular weight is 222 g/mol. The summed E-state index contributed by atoms with van der Waals surface area (Å²) in [6, 6.07) is 0. The Labute approximate surface area is 88.9 Å². The van der Waals surface area contributed by atoms with E-state index >= 15 is 0 Å². The standard InChI is InChI=1S/C9H18O6/c1-8(12-3)9(10,6-14-13-4)5-7(11-2)15-8/h7,10H,5-6H2,1-4H3. The SMILES string of the molecule is COOCC1(O)CC(OC)OC1(C)OC. The van der Waals surface area contributed by atoms with E-state index in [1.807, 2.05) is 0 Å². The summed E-state index contributed by atoms with van der Waals surface area (Å²) in [5.74, 6) is -1.16. The van der Waals surface area contributed by atoms with Crippen molar-refractivity contribution in [2.75, 3.05) is 27.9 Å². The molecule has 0 spiro atoms. The van der Waals surface area contributed by atoms with Crippen LogP contribution in [-0.2, 0) is 24.0 Å². The third kappa shape index (κ3) is 2.30. The van der Waals surface area contributed by atoms with Crippen LogP contribution in [0.1, 0.15) is 13.3 Å². The molecule has 0 aromatic rings. The van der Waals surface area contributed by atoms with Gasteiger partial charge in [0.1, 0.15) is 12.2 Å². The normalized spacial score (nSPS) is 41.0. The van der Waals surface area contributed by atoms with Crippen LogP contribution in [-0.4, -0.2) is 50.7 Å². The Balaban J connectivity index is 2.75. The molecule has 0 bridgehead atoms. The quantitative estimate of drug-likeness (QED) is 0.524. The zero-order valence-corrected chi connectivity index (χ0v) is 9.48. The molecule has 0 aliphatic carbocycles. The van der Waals surface area contributed by atoms with Crippen LogP contribution in [0.2, 0.25) is 0 Å². The first kappa shape index (κ1) is 12.8. The molecule has 1 aliphatic heterocycles. The van der Waals surface area contributed by atoms with Crippen LogP contribution in [0.15, 0.2) is 0 Å². The van der Waals surface area contributed by atoms with Gasteiger partial charge in [-0.15, -0.1) is 0 Å². The molecular formula is C9H18O6. The van der Waals surface area contributed by atoms with Crippen molar-refractivity contribution in [3.8, 4) is 0 Å². The monoisotopic (exact) mass is 222 g/mol. The van der Waals surface area contributed by atoms with Gasteiger partial charge in [0, 0.05) is 20.6 Å². The Hall–Kier alpha value is -0.240. The highest BCUT2D eigenvalue weighted by Gasteiger charge is 2.58. The van der Waals surface area contributed by atoms with Crippen molar-refractivity contribution in [2.45, 2.75) is 31.0 Å². The zero-order valence-electron chi connectivity index (χ0n) is 9.48. The molecule has 0 aromatic heterocycles. The Bertz CT molecular complexity index is 211. The van der Waals surface area contributed by atoms with Gasteiger partial charge in [0.05, 0.1) is 7.11 Å². The molecule has 15 heavy (non-hydrogen) atoms. The largest absolute Gasteiger partial charge is 0.381 e. The molecule has 1 rings (SSSR count). The minimum atomic E-state index is -1.29. The van der Waals surface area contributed by atoms with E-state index in [-0.39, 0.29) is 13.0 Å². The Kier molecular flexibility index (Phi) is 4.05. The lowest BCUT2D eigenvalue weighted by Crippen LogP contribution is -2.53. The van der Waals surface area contributed by atoms with Crippen LogP contribution in [0.3, 0.4) is 0 Å². The van der Waals surface area contributed by atoms with Crippen molar-refractivity contribution in [3.63, 3.8) is 0 Å². The van der Waals surface area contributed by atoms with Gasteiger partial charge in [-0.1, -0.05) is 0 Å².